The first-order valence-electron chi connectivity index (χ1n) is 9.32. The van der Waals surface area contributed by atoms with Crippen molar-refractivity contribution >= 4 is 23.4 Å². The average molecular weight is 381 g/mol. The highest BCUT2D eigenvalue weighted by molar-refractivity contribution is 6.04. The summed E-state index contributed by atoms with van der Waals surface area (Å²) in [6.07, 6.45) is 1.05. The van der Waals surface area contributed by atoms with Gasteiger partial charge in [0.25, 0.3) is 11.8 Å². The molecule has 3 amide bonds. The number of anilines is 1. The molecule has 0 spiro atoms. The highest BCUT2D eigenvalue weighted by atomic mass is 16.2. The molecule has 0 heterocycles. The minimum absolute atomic E-state index is 0.0292. The van der Waals surface area contributed by atoms with Crippen molar-refractivity contribution in [2.24, 2.45) is 0 Å². The van der Waals surface area contributed by atoms with Crippen molar-refractivity contribution in [3.05, 3.63) is 65.2 Å². The molecule has 2 aromatic rings. The number of hydrogen-bond acceptors (Lipinski definition) is 3. The van der Waals surface area contributed by atoms with Gasteiger partial charge in [-0.15, -0.1) is 0 Å². The number of amides is 3. The van der Waals surface area contributed by atoms with E-state index in [1.165, 1.54) is 0 Å². The van der Waals surface area contributed by atoms with Crippen LogP contribution >= 0.6 is 0 Å². The minimum atomic E-state index is -0.417. The van der Waals surface area contributed by atoms with E-state index in [4.69, 9.17) is 0 Å². The van der Waals surface area contributed by atoms with Gasteiger partial charge in [0.2, 0.25) is 5.91 Å². The third-order valence-corrected chi connectivity index (χ3v) is 4.21. The van der Waals surface area contributed by atoms with Crippen LogP contribution < -0.4 is 16.2 Å². The standard InChI is InChI=1S/C22H27N3O3/c1-5-6-19(26)24-25-21(28)16-9-13-18(14-10-16)23-20(27)15-7-11-17(12-8-15)22(2,3)4/h7-14H,5-6H2,1-4H3,(H,23,27)(H,24,26)(H,25,28). The molecule has 2 rings (SSSR count). The topological polar surface area (TPSA) is 87.3 Å². The number of nitrogens with one attached hydrogen (secondary N) is 3. The molecule has 0 atom stereocenters. The lowest BCUT2D eigenvalue weighted by molar-refractivity contribution is -0.121. The van der Waals surface area contributed by atoms with E-state index in [2.05, 4.69) is 36.9 Å². The molecule has 0 fully saturated rings. The molecule has 0 aliphatic carbocycles. The lowest BCUT2D eigenvalue weighted by atomic mass is 9.87. The second kappa shape index (κ2) is 9.17. The first-order valence-corrected chi connectivity index (χ1v) is 9.32. The van der Waals surface area contributed by atoms with Crippen molar-refractivity contribution in [2.45, 2.75) is 46.0 Å². The van der Waals surface area contributed by atoms with Gasteiger partial charge in [0.1, 0.15) is 0 Å². The summed E-state index contributed by atoms with van der Waals surface area (Å²) in [6.45, 7) is 8.24. The Balaban J connectivity index is 1.95. The van der Waals surface area contributed by atoms with E-state index in [0.29, 0.717) is 29.7 Å². The number of carbonyl (C=O) groups is 3. The summed E-state index contributed by atoms with van der Waals surface area (Å²) in [4.78, 5) is 35.8. The van der Waals surface area contributed by atoms with Crippen LogP contribution in [0, 0.1) is 0 Å². The molecule has 0 bridgehead atoms. The van der Waals surface area contributed by atoms with Crippen LogP contribution in [0.15, 0.2) is 48.5 Å². The first kappa shape index (κ1) is 21.2. The molecule has 6 heteroatoms. The van der Waals surface area contributed by atoms with Crippen LogP contribution in [0.3, 0.4) is 0 Å². The third kappa shape index (κ3) is 5.94. The number of hydrogen-bond donors (Lipinski definition) is 3. The third-order valence-electron chi connectivity index (χ3n) is 4.21. The Labute approximate surface area is 165 Å². The second-order valence-electron chi connectivity index (χ2n) is 7.61. The zero-order valence-electron chi connectivity index (χ0n) is 16.8. The average Bonchev–Trinajstić information content (AvgIpc) is 2.66. The summed E-state index contributed by atoms with van der Waals surface area (Å²) in [5.41, 5.74) is 7.43. The van der Waals surface area contributed by atoms with Crippen molar-refractivity contribution in [3.63, 3.8) is 0 Å². The molecule has 0 aromatic heterocycles. The number of hydrazine groups is 1. The fourth-order valence-corrected chi connectivity index (χ4v) is 2.52. The van der Waals surface area contributed by atoms with E-state index in [1.54, 1.807) is 36.4 Å². The molecule has 0 unspecified atom stereocenters. The molecule has 0 aliphatic rings. The molecular formula is C22H27N3O3. The Morgan fingerprint density at radius 3 is 1.86 bits per heavy atom. The number of rotatable bonds is 5. The quantitative estimate of drug-likeness (QED) is 0.689. The van der Waals surface area contributed by atoms with Gasteiger partial charge in [-0.05, 0) is 53.8 Å². The molecular weight excluding hydrogens is 354 g/mol. The lowest BCUT2D eigenvalue weighted by Crippen LogP contribution is -2.41. The van der Waals surface area contributed by atoms with Crippen LogP contribution in [0.4, 0.5) is 5.69 Å². The molecule has 0 saturated carbocycles. The van der Waals surface area contributed by atoms with Crippen LogP contribution in [-0.2, 0) is 10.2 Å². The van der Waals surface area contributed by atoms with Gasteiger partial charge >= 0.3 is 0 Å². The SMILES string of the molecule is CCCC(=O)NNC(=O)c1ccc(NC(=O)c2ccc(C(C)(C)C)cc2)cc1. The van der Waals surface area contributed by atoms with Gasteiger partial charge in [0.05, 0.1) is 0 Å². The molecule has 28 heavy (non-hydrogen) atoms. The fraction of sp³-hybridized carbons (Fsp3) is 0.318. The van der Waals surface area contributed by atoms with Crippen molar-refractivity contribution in [3.8, 4) is 0 Å². The molecule has 3 N–H and O–H groups in total. The Kier molecular flexibility index (Phi) is 6.93. The Morgan fingerprint density at radius 1 is 0.786 bits per heavy atom. The summed E-state index contributed by atoms with van der Waals surface area (Å²) in [5, 5.41) is 2.81. The maximum Gasteiger partial charge on any atom is 0.269 e. The molecule has 2 aromatic carbocycles. The van der Waals surface area contributed by atoms with Crippen LogP contribution in [-0.4, -0.2) is 17.7 Å². The summed E-state index contributed by atoms with van der Waals surface area (Å²) in [5.74, 6) is -0.873. The van der Waals surface area contributed by atoms with Gasteiger partial charge in [-0.1, -0.05) is 39.8 Å². The minimum Gasteiger partial charge on any atom is -0.322 e. The second-order valence-corrected chi connectivity index (χ2v) is 7.61. The molecule has 0 aliphatic heterocycles. The van der Waals surface area contributed by atoms with Crippen molar-refractivity contribution in [2.75, 3.05) is 5.32 Å². The van der Waals surface area contributed by atoms with E-state index >= 15 is 0 Å². The van der Waals surface area contributed by atoms with E-state index in [9.17, 15) is 14.4 Å². The predicted molar refractivity (Wildman–Crippen MR) is 110 cm³/mol. The lowest BCUT2D eigenvalue weighted by Gasteiger charge is -2.19. The Morgan fingerprint density at radius 2 is 1.32 bits per heavy atom. The van der Waals surface area contributed by atoms with Crippen molar-refractivity contribution < 1.29 is 14.4 Å². The first-order chi connectivity index (χ1) is 13.2. The zero-order chi connectivity index (χ0) is 20.7. The van der Waals surface area contributed by atoms with E-state index in [0.717, 1.165) is 5.56 Å². The van der Waals surface area contributed by atoms with E-state index in [-0.39, 0.29) is 17.2 Å². The predicted octanol–water partition coefficient (Wildman–Crippen LogP) is 3.80. The fourth-order valence-electron chi connectivity index (χ4n) is 2.52. The van der Waals surface area contributed by atoms with E-state index < -0.39 is 5.91 Å². The molecule has 0 saturated heterocycles. The summed E-state index contributed by atoms with van der Waals surface area (Å²) >= 11 is 0. The largest absolute Gasteiger partial charge is 0.322 e. The summed E-state index contributed by atoms with van der Waals surface area (Å²) < 4.78 is 0. The van der Waals surface area contributed by atoms with Crippen LogP contribution in [0.25, 0.3) is 0 Å². The molecule has 6 nitrogen and oxygen atoms in total. The van der Waals surface area contributed by atoms with Crippen LogP contribution in [0.1, 0.15) is 66.8 Å². The van der Waals surface area contributed by atoms with Gasteiger partial charge in [-0.25, -0.2) is 0 Å². The molecule has 0 radical (unpaired) electrons. The monoisotopic (exact) mass is 381 g/mol. The highest BCUT2D eigenvalue weighted by Gasteiger charge is 2.14. The van der Waals surface area contributed by atoms with Crippen molar-refractivity contribution in [1.82, 2.24) is 10.9 Å². The van der Waals surface area contributed by atoms with Gasteiger partial charge in [-0.2, -0.15) is 0 Å². The smallest absolute Gasteiger partial charge is 0.269 e. The maximum atomic E-state index is 12.4. The Bertz CT molecular complexity index is 835. The maximum absolute atomic E-state index is 12.4. The van der Waals surface area contributed by atoms with Crippen LogP contribution in [0.2, 0.25) is 0 Å². The van der Waals surface area contributed by atoms with Crippen molar-refractivity contribution in [1.29, 1.82) is 0 Å². The number of carbonyl (C=O) groups excluding carboxylic acids is 3. The summed E-state index contributed by atoms with van der Waals surface area (Å²) in [7, 11) is 0. The highest BCUT2D eigenvalue weighted by Crippen LogP contribution is 2.22. The molecule has 148 valence electrons. The van der Waals surface area contributed by atoms with Gasteiger partial charge in [0.15, 0.2) is 0 Å². The zero-order valence-corrected chi connectivity index (χ0v) is 16.8. The van der Waals surface area contributed by atoms with Gasteiger partial charge in [0, 0.05) is 23.2 Å². The van der Waals surface area contributed by atoms with Crippen LogP contribution in [0.5, 0.6) is 0 Å². The van der Waals surface area contributed by atoms with Gasteiger partial charge in [-0.3, -0.25) is 25.2 Å². The summed E-state index contributed by atoms with van der Waals surface area (Å²) in [6, 6.07) is 14.0. The van der Waals surface area contributed by atoms with Gasteiger partial charge < -0.3 is 5.32 Å². The van der Waals surface area contributed by atoms with E-state index in [1.807, 2.05) is 19.1 Å². The number of benzene rings is 2. The Hall–Kier alpha value is -3.15. The normalized spacial score (nSPS) is 10.9.